The van der Waals surface area contributed by atoms with E-state index in [9.17, 15) is 18.8 Å². The van der Waals surface area contributed by atoms with Crippen LogP contribution in [-0.4, -0.2) is 43.9 Å². The Labute approximate surface area is 212 Å². The number of rotatable bonds is 7. The lowest BCUT2D eigenvalue weighted by Gasteiger charge is -2.15. The molecule has 1 saturated heterocycles. The van der Waals surface area contributed by atoms with Crippen LogP contribution in [0.1, 0.15) is 22.8 Å². The molecule has 1 atom stereocenters. The van der Waals surface area contributed by atoms with E-state index in [-0.39, 0.29) is 31.7 Å². The summed E-state index contributed by atoms with van der Waals surface area (Å²) >= 11 is 0. The summed E-state index contributed by atoms with van der Waals surface area (Å²) in [6, 6.07) is 16.7. The monoisotopic (exact) mass is 505 g/mol. The zero-order valence-electron chi connectivity index (χ0n) is 20.0. The van der Waals surface area contributed by atoms with Crippen molar-refractivity contribution in [2.75, 3.05) is 24.8 Å². The number of hydrogen-bond donors (Lipinski definition) is 2. The Kier molecular flexibility index (Phi) is 6.63. The fraction of sp³-hybridized carbons (Fsp3) is 0.222. The molecule has 1 fully saturated rings. The minimum absolute atomic E-state index is 0.140. The molecule has 2 heterocycles. The fourth-order valence-corrected chi connectivity index (χ4v) is 4.13. The van der Waals surface area contributed by atoms with E-state index in [0.29, 0.717) is 40.4 Å². The van der Waals surface area contributed by atoms with Crippen molar-refractivity contribution in [3.8, 4) is 22.6 Å². The first-order chi connectivity index (χ1) is 17.9. The Hall–Kier alpha value is -4.60. The second kappa shape index (κ2) is 10.2. The molecule has 3 amide bonds. The summed E-state index contributed by atoms with van der Waals surface area (Å²) in [4.78, 5) is 37.1. The van der Waals surface area contributed by atoms with Gasteiger partial charge in [-0.1, -0.05) is 24.3 Å². The standard InChI is InChI=1S/C27H24FN3O6/c1-16(32)29-13-21-14-31(27(34)37-21)20-7-8-22(23(28)11-20)18-4-2-17(3-5-18)12-30-26(33)19-6-9-24-25(10-19)36-15-35-24/h2-11,21H,12-15H2,1H3,(H,29,32)(H,30,33)/t21-/m0/s1. The summed E-state index contributed by atoms with van der Waals surface area (Å²) in [5.74, 6) is 0.196. The summed E-state index contributed by atoms with van der Waals surface area (Å²) in [6.45, 7) is 2.23. The summed E-state index contributed by atoms with van der Waals surface area (Å²) in [5, 5.41) is 5.47. The molecule has 0 spiro atoms. The molecule has 0 aromatic heterocycles. The molecule has 0 bridgehead atoms. The lowest BCUT2D eigenvalue weighted by molar-refractivity contribution is -0.119. The molecule has 0 aliphatic carbocycles. The van der Waals surface area contributed by atoms with Crippen LogP contribution in [0.4, 0.5) is 14.9 Å². The number of nitrogens with one attached hydrogen (secondary N) is 2. The van der Waals surface area contributed by atoms with Gasteiger partial charge in [0.1, 0.15) is 11.9 Å². The van der Waals surface area contributed by atoms with E-state index in [4.69, 9.17) is 14.2 Å². The molecule has 5 rings (SSSR count). The number of benzene rings is 3. The van der Waals surface area contributed by atoms with Crippen LogP contribution in [-0.2, 0) is 16.1 Å². The molecular formula is C27H24FN3O6. The van der Waals surface area contributed by atoms with Gasteiger partial charge in [-0.3, -0.25) is 14.5 Å². The van der Waals surface area contributed by atoms with Gasteiger partial charge < -0.3 is 24.8 Å². The molecular weight excluding hydrogens is 481 g/mol. The van der Waals surface area contributed by atoms with Crippen molar-refractivity contribution < 1.29 is 33.0 Å². The molecule has 0 radical (unpaired) electrons. The van der Waals surface area contributed by atoms with Gasteiger partial charge in [0, 0.05) is 24.6 Å². The van der Waals surface area contributed by atoms with Gasteiger partial charge >= 0.3 is 6.09 Å². The zero-order valence-corrected chi connectivity index (χ0v) is 20.0. The van der Waals surface area contributed by atoms with E-state index in [1.807, 2.05) is 12.1 Å². The number of ether oxygens (including phenoxy) is 3. The number of amides is 3. The highest BCUT2D eigenvalue weighted by molar-refractivity contribution is 5.95. The van der Waals surface area contributed by atoms with Crippen molar-refractivity contribution in [1.82, 2.24) is 10.6 Å². The van der Waals surface area contributed by atoms with Gasteiger partial charge in [0.25, 0.3) is 5.91 Å². The maximum Gasteiger partial charge on any atom is 0.414 e. The average Bonchev–Trinajstić information content (AvgIpc) is 3.52. The number of fused-ring (bicyclic) bond motifs is 1. The number of hydrogen-bond acceptors (Lipinski definition) is 6. The molecule has 37 heavy (non-hydrogen) atoms. The van der Waals surface area contributed by atoms with E-state index in [0.717, 1.165) is 5.56 Å². The first-order valence-electron chi connectivity index (χ1n) is 11.7. The maximum atomic E-state index is 15.0. The lowest BCUT2D eigenvalue weighted by Crippen LogP contribution is -2.33. The number of nitrogens with zero attached hydrogens (tertiary/aromatic N) is 1. The first-order valence-corrected chi connectivity index (χ1v) is 11.7. The van der Waals surface area contributed by atoms with Crippen LogP contribution in [0.5, 0.6) is 11.5 Å². The van der Waals surface area contributed by atoms with Crippen molar-refractivity contribution in [3.63, 3.8) is 0 Å². The van der Waals surface area contributed by atoms with Gasteiger partial charge in [0.15, 0.2) is 11.5 Å². The second-order valence-corrected chi connectivity index (χ2v) is 8.67. The van der Waals surface area contributed by atoms with Gasteiger partial charge in [0.05, 0.1) is 18.8 Å². The van der Waals surface area contributed by atoms with Crippen LogP contribution in [0.15, 0.2) is 60.7 Å². The molecule has 0 saturated carbocycles. The van der Waals surface area contributed by atoms with E-state index >= 15 is 0 Å². The fourth-order valence-electron chi connectivity index (χ4n) is 4.13. The highest BCUT2D eigenvalue weighted by Gasteiger charge is 2.32. The zero-order chi connectivity index (χ0) is 25.9. The third kappa shape index (κ3) is 5.32. The van der Waals surface area contributed by atoms with Gasteiger partial charge in [-0.05, 0) is 47.5 Å². The summed E-state index contributed by atoms with van der Waals surface area (Å²) in [5.41, 5.74) is 2.72. The molecule has 2 aliphatic heterocycles. The minimum atomic E-state index is -0.588. The van der Waals surface area contributed by atoms with Crippen molar-refractivity contribution in [2.45, 2.75) is 19.6 Å². The average molecular weight is 506 g/mol. The van der Waals surface area contributed by atoms with E-state index in [1.54, 1.807) is 42.5 Å². The molecule has 10 heteroatoms. The molecule has 2 N–H and O–H groups in total. The van der Waals surface area contributed by atoms with Crippen LogP contribution in [0.25, 0.3) is 11.1 Å². The number of carbonyl (C=O) groups excluding carboxylic acids is 3. The predicted molar refractivity (Wildman–Crippen MR) is 132 cm³/mol. The predicted octanol–water partition coefficient (Wildman–Crippen LogP) is 3.61. The third-order valence-electron chi connectivity index (χ3n) is 6.07. The van der Waals surface area contributed by atoms with Gasteiger partial charge in [0.2, 0.25) is 12.7 Å². The van der Waals surface area contributed by atoms with Crippen LogP contribution >= 0.6 is 0 Å². The molecule has 9 nitrogen and oxygen atoms in total. The van der Waals surface area contributed by atoms with Crippen LogP contribution in [0, 0.1) is 5.82 Å². The number of anilines is 1. The smallest absolute Gasteiger partial charge is 0.414 e. The topological polar surface area (TPSA) is 106 Å². The van der Waals surface area contributed by atoms with Crippen molar-refractivity contribution in [2.24, 2.45) is 0 Å². The van der Waals surface area contributed by atoms with Gasteiger partial charge in [-0.25, -0.2) is 9.18 Å². The van der Waals surface area contributed by atoms with E-state index in [2.05, 4.69) is 10.6 Å². The normalized spacial score (nSPS) is 15.9. The van der Waals surface area contributed by atoms with Crippen LogP contribution in [0.3, 0.4) is 0 Å². The van der Waals surface area contributed by atoms with E-state index < -0.39 is 18.0 Å². The molecule has 3 aromatic carbocycles. The Morgan fingerprint density at radius 3 is 2.54 bits per heavy atom. The quantitative estimate of drug-likeness (QED) is 0.508. The van der Waals surface area contributed by atoms with Gasteiger partial charge in [-0.2, -0.15) is 0 Å². The largest absolute Gasteiger partial charge is 0.454 e. The Balaban J connectivity index is 1.20. The molecule has 2 aliphatic rings. The maximum absolute atomic E-state index is 15.0. The van der Waals surface area contributed by atoms with Crippen LogP contribution in [0.2, 0.25) is 0 Å². The lowest BCUT2D eigenvalue weighted by atomic mass is 10.0. The minimum Gasteiger partial charge on any atom is -0.454 e. The van der Waals surface area contributed by atoms with Crippen LogP contribution < -0.4 is 25.0 Å². The number of halogens is 1. The highest BCUT2D eigenvalue weighted by Crippen LogP contribution is 2.32. The SMILES string of the molecule is CC(=O)NC[C@H]1CN(c2ccc(-c3ccc(CNC(=O)c4ccc5c(c4)OCO5)cc3)c(F)c2)C(=O)O1. The third-order valence-corrected chi connectivity index (χ3v) is 6.07. The Morgan fingerprint density at radius 1 is 1.00 bits per heavy atom. The Bertz CT molecular complexity index is 1360. The summed E-state index contributed by atoms with van der Waals surface area (Å²) < 4.78 is 30.8. The van der Waals surface area contributed by atoms with Crippen molar-refractivity contribution in [3.05, 3.63) is 77.6 Å². The molecule has 0 unspecified atom stereocenters. The Morgan fingerprint density at radius 2 is 1.78 bits per heavy atom. The number of cyclic esters (lactones) is 1. The highest BCUT2D eigenvalue weighted by atomic mass is 19.1. The van der Waals surface area contributed by atoms with Crippen molar-refractivity contribution in [1.29, 1.82) is 0 Å². The molecule has 3 aromatic rings. The summed E-state index contributed by atoms with van der Waals surface area (Å²) in [6.07, 6.45) is -1.09. The molecule has 190 valence electrons. The summed E-state index contributed by atoms with van der Waals surface area (Å²) in [7, 11) is 0. The number of carbonyl (C=O) groups is 3. The van der Waals surface area contributed by atoms with E-state index in [1.165, 1.54) is 17.9 Å². The second-order valence-electron chi connectivity index (χ2n) is 8.67. The van der Waals surface area contributed by atoms with Gasteiger partial charge in [-0.15, -0.1) is 0 Å². The first kappa shape index (κ1) is 24.1. The van der Waals surface area contributed by atoms with Crippen molar-refractivity contribution >= 4 is 23.6 Å².